The molecule has 0 radical (unpaired) electrons. The third kappa shape index (κ3) is 15.1. The summed E-state index contributed by atoms with van der Waals surface area (Å²) in [6.45, 7) is 4.05. The summed E-state index contributed by atoms with van der Waals surface area (Å²) in [4.78, 5) is 11.9. The number of carbonyl (C=O) groups excluding carboxylic acids is 1. The van der Waals surface area contributed by atoms with Gasteiger partial charge in [-0.05, 0) is 12.8 Å². The third-order valence-electron chi connectivity index (χ3n) is 4.50. The van der Waals surface area contributed by atoms with Crippen molar-refractivity contribution in [2.24, 2.45) is 0 Å². The van der Waals surface area contributed by atoms with Crippen LogP contribution in [0.2, 0.25) is 0 Å². The second-order valence-corrected chi connectivity index (χ2v) is 7.00. The molecule has 0 fully saturated rings. The van der Waals surface area contributed by atoms with E-state index >= 15 is 0 Å². The molecule has 0 aromatic heterocycles. The lowest BCUT2D eigenvalue weighted by atomic mass is 10.1. The highest BCUT2D eigenvalue weighted by molar-refractivity contribution is 5.76. The summed E-state index contributed by atoms with van der Waals surface area (Å²) in [5.41, 5.74) is 0. The van der Waals surface area contributed by atoms with Gasteiger partial charge >= 0.3 is 0 Å². The van der Waals surface area contributed by atoms with Crippen LogP contribution < -0.4 is 5.32 Å². The van der Waals surface area contributed by atoms with Gasteiger partial charge in [0.25, 0.3) is 0 Å². The van der Waals surface area contributed by atoms with Gasteiger partial charge in [-0.3, -0.25) is 4.79 Å². The maximum atomic E-state index is 11.9. The number of aliphatic hydroxyl groups excluding tert-OH is 2. The summed E-state index contributed by atoms with van der Waals surface area (Å²) in [5.74, 6) is -0.0819. The van der Waals surface area contributed by atoms with Crippen LogP contribution in [0, 0.1) is 0 Å². The van der Waals surface area contributed by atoms with Gasteiger partial charge in [0.1, 0.15) is 0 Å². The molecule has 0 heterocycles. The summed E-state index contributed by atoms with van der Waals surface area (Å²) in [6.07, 6.45) is 17.5. The van der Waals surface area contributed by atoms with Gasteiger partial charge in [-0.2, -0.15) is 0 Å². The van der Waals surface area contributed by atoms with Gasteiger partial charge < -0.3 is 15.5 Å². The molecule has 0 aliphatic rings. The van der Waals surface area contributed by atoms with Crippen molar-refractivity contribution >= 4 is 5.91 Å². The van der Waals surface area contributed by atoms with Crippen LogP contribution in [0.15, 0.2) is 12.2 Å². The molecule has 4 heteroatoms. The van der Waals surface area contributed by atoms with E-state index in [1.165, 1.54) is 51.4 Å². The minimum Gasteiger partial charge on any atom is -0.394 e. The highest BCUT2D eigenvalue weighted by Gasteiger charge is 2.17. The molecule has 0 aliphatic carbocycles. The standard InChI is InChI=1S/C21H41NO3/c1-3-5-7-8-9-10-11-12-13-15-17-21(25)22-19(18-23)20(24)16-14-6-4-2/h14,16,19-20,23-24H,3-13,15,17-18H2,1-2H3,(H,22,25)/b16-14+. The van der Waals surface area contributed by atoms with Crippen LogP contribution in [0.25, 0.3) is 0 Å². The van der Waals surface area contributed by atoms with Crippen molar-refractivity contribution in [2.45, 2.75) is 109 Å². The van der Waals surface area contributed by atoms with Crippen LogP contribution in [-0.4, -0.2) is 34.9 Å². The number of hydrogen-bond acceptors (Lipinski definition) is 3. The second-order valence-electron chi connectivity index (χ2n) is 7.00. The average Bonchev–Trinajstić information content (AvgIpc) is 2.61. The number of carbonyl (C=O) groups is 1. The van der Waals surface area contributed by atoms with Gasteiger partial charge in [0.05, 0.1) is 18.8 Å². The Balaban J connectivity index is 3.67. The monoisotopic (exact) mass is 355 g/mol. The smallest absolute Gasteiger partial charge is 0.220 e. The normalized spacial score (nSPS) is 13.9. The van der Waals surface area contributed by atoms with Gasteiger partial charge in [-0.1, -0.05) is 90.2 Å². The fourth-order valence-corrected chi connectivity index (χ4v) is 2.83. The van der Waals surface area contributed by atoms with Gasteiger partial charge in [0.2, 0.25) is 5.91 Å². The number of rotatable bonds is 17. The van der Waals surface area contributed by atoms with E-state index in [-0.39, 0.29) is 12.5 Å². The van der Waals surface area contributed by atoms with Gasteiger partial charge in [0, 0.05) is 6.42 Å². The minimum absolute atomic E-state index is 0.0819. The highest BCUT2D eigenvalue weighted by Crippen LogP contribution is 2.11. The number of amides is 1. The zero-order chi connectivity index (χ0) is 18.8. The Hall–Kier alpha value is -0.870. The fourth-order valence-electron chi connectivity index (χ4n) is 2.83. The van der Waals surface area contributed by atoms with E-state index < -0.39 is 12.1 Å². The Morgan fingerprint density at radius 1 is 0.920 bits per heavy atom. The van der Waals surface area contributed by atoms with Gasteiger partial charge in [0.15, 0.2) is 0 Å². The van der Waals surface area contributed by atoms with E-state index in [1.54, 1.807) is 6.08 Å². The Morgan fingerprint density at radius 3 is 2.00 bits per heavy atom. The number of unbranched alkanes of at least 4 members (excludes halogenated alkanes) is 10. The molecule has 3 N–H and O–H groups in total. The van der Waals surface area contributed by atoms with Crippen LogP contribution in [-0.2, 0) is 4.79 Å². The first-order valence-corrected chi connectivity index (χ1v) is 10.4. The quantitative estimate of drug-likeness (QED) is 0.266. The van der Waals surface area contributed by atoms with Gasteiger partial charge in [-0.15, -0.1) is 0 Å². The number of hydrogen-bond donors (Lipinski definition) is 3. The van der Waals surface area contributed by atoms with E-state index in [0.717, 1.165) is 25.7 Å². The molecule has 0 saturated carbocycles. The lowest BCUT2D eigenvalue weighted by Gasteiger charge is -2.19. The largest absolute Gasteiger partial charge is 0.394 e. The SMILES string of the molecule is CCC/C=C/C(O)C(CO)NC(=O)CCCCCCCCCCCC. The Bertz CT molecular complexity index is 331. The summed E-state index contributed by atoms with van der Waals surface area (Å²) >= 11 is 0. The Morgan fingerprint density at radius 2 is 1.48 bits per heavy atom. The van der Waals surface area contributed by atoms with Crippen LogP contribution in [0.4, 0.5) is 0 Å². The molecule has 0 spiro atoms. The van der Waals surface area contributed by atoms with E-state index in [0.29, 0.717) is 6.42 Å². The highest BCUT2D eigenvalue weighted by atomic mass is 16.3. The summed E-state index contributed by atoms with van der Waals surface area (Å²) in [7, 11) is 0. The molecule has 2 atom stereocenters. The zero-order valence-corrected chi connectivity index (χ0v) is 16.5. The molecule has 148 valence electrons. The van der Waals surface area contributed by atoms with Crippen LogP contribution in [0.5, 0.6) is 0 Å². The Labute approximate surface area is 155 Å². The van der Waals surface area contributed by atoms with Crippen molar-refractivity contribution in [3.63, 3.8) is 0 Å². The second kappa shape index (κ2) is 17.9. The summed E-state index contributed by atoms with van der Waals surface area (Å²) < 4.78 is 0. The number of nitrogens with one attached hydrogen (secondary N) is 1. The zero-order valence-electron chi connectivity index (χ0n) is 16.5. The van der Waals surface area contributed by atoms with E-state index in [2.05, 4.69) is 19.2 Å². The van der Waals surface area contributed by atoms with Crippen molar-refractivity contribution < 1.29 is 15.0 Å². The number of allylic oxidation sites excluding steroid dienone is 1. The number of aliphatic hydroxyl groups is 2. The maximum Gasteiger partial charge on any atom is 0.220 e. The minimum atomic E-state index is -0.826. The molecule has 0 saturated heterocycles. The van der Waals surface area contributed by atoms with Crippen molar-refractivity contribution in [1.82, 2.24) is 5.32 Å². The van der Waals surface area contributed by atoms with Crippen LogP contribution >= 0.6 is 0 Å². The molecule has 2 unspecified atom stereocenters. The summed E-state index contributed by atoms with van der Waals surface area (Å²) in [5, 5.41) is 22.0. The lowest BCUT2D eigenvalue weighted by Crippen LogP contribution is -2.45. The maximum absolute atomic E-state index is 11.9. The van der Waals surface area contributed by atoms with E-state index in [9.17, 15) is 15.0 Å². The van der Waals surface area contributed by atoms with Crippen LogP contribution in [0.3, 0.4) is 0 Å². The van der Waals surface area contributed by atoms with E-state index in [1.807, 2.05) is 6.08 Å². The first-order chi connectivity index (χ1) is 12.2. The molecular formula is C21H41NO3. The topological polar surface area (TPSA) is 69.6 Å². The predicted octanol–water partition coefficient (Wildman–Crippen LogP) is 4.49. The first kappa shape index (κ1) is 24.1. The molecule has 0 bridgehead atoms. The van der Waals surface area contributed by atoms with Gasteiger partial charge in [-0.25, -0.2) is 0 Å². The van der Waals surface area contributed by atoms with Crippen molar-refractivity contribution in [2.75, 3.05) is 6.61 Å². The third-order valence-corrected chi connectivity index (χ3v) is 4.50. The fraction of sp³-hybridized carbons (Fsp3) is 0.857. The molecule has 0 aliphatic heterocycles. The van der Waals surface area contributed by atoms with Crippen molar-refractivity contribution in [3.8, 4) is 0 Å². The van der Waals surface area contributed by atoms with Crippen molar-refractivity contribution in [1.29, 1.82) is 0 Å². The predicted molar refractivity (Wildman–Crippen MR) is 106 cm³/mol. The van der Waals surface area contributed by atoms with Crippen LogP contribution in [0.1, 0.15) is 97.3 Å². The van der Waals surface area contributed by atoms with Crippen molar-refractivity contribution in [3.05, 3.63) is 12.2 Å². The molecule has 0 rings (SSSR count). The molecule has 1 amide bonds. The first-order valence-electron chi connectivity index (χ1n) is 10.4. The molecule has 0 aromatic carbocycles. The molecular weight excluding hydrogens is 314 g/mol. The molecule has 25 heavy (non-hydrogen) atoms. The summed E-state index contributed by atoms with van der Waals surface area (Å²) in [6, 6.07) is -0.608. The van der Waals surface area contributed by atoms with E-state index in [4.69, 9.17) is 0 Å². The Kier molecular flexibility index (Phi) is 17.3. The lowest BCUT2D eigenvalue weighted by molar-refractivity contribution is -0.123. The molecule has 0 aromatic rings. The average molecular weight is 356 g/mol. The molecule has 4 nitrogen and oxygen atoms in total.